The minimum atomic E-state index is -3.63. The Morgan fingerprint density at radius 1 is 1.03 bits per heavy atom. The molecular weight excluding hydrogens is 433 g/mol. The number of hydrogen-bond donors (Lipinski definition) is 1. The average molecular weight is 462 g/mol. The highest BCUT2D eigenvalue weighted by atomic mass is 32.2. The average Bonchev–Trinajstić information content (AvgIpc) is 2.74. The second kappa shape index (κ2) is 9.79. The predicted octanol–water partition coefficient (Wildman–Crippen LogP) is 3.20. The van der Waals surface area contributed by atoms with Gasteiger partial charge in [-0.3, -0.25) is 9.59 Å². The second-order valence-electron chi connectivity index (χ2n) is 8.51. The Morgan fingerprint density at radius 2 is 1.59 bits per heavy atom. The van der Waals surface area contributed by atoms with Crippen LogP contribution < -0.4 is 5.32 Å². The fourth-order valence-corrected chi connectivity index (χ4v) is 5.64. The maximum absolute atomic E-state index is 13.0. The van der Waals surface area contributed by atoms with Crippen LogP contribution >= 0.6 is 0 Å². The standard InChI is InChI=1S/C23H28FN3O4S/c1-16-12-17(2)14-27(13-16)32(30,31)21-10-4-18(5-11-21)23(29)26(3)15-22(28)25-20-8-6-19(24)7-9-20/h4-11,16-17H,12-15H2,1-3H3,(H,25,28)/t16-,17-/m0/s1. The Kier molecular flexibility index (Phi) is 7.30. The van der Waals surface area contributed by atoms with Crippen molar-refractivity contribution in [1.29, 1.82) is 0 Å². The number of benzene rings is 2. The Labute approximate surface area is 188 Å². The van der Waals surface area contributed by atoms with Crippen molar-refractivity contribution in [3.8, 4) is 0 Å². The van der Waals surface area contributed by atoms with Gasteiger partial charge in [0.1, 0.15) is 5.82 Å². The third-order valence-electron chi connectivity index (χ3n) is 5.43. The fraction of sp³-hybridized carbons (Fsp3) is 0.391. The SMILES string of the molecule is C[C@H]1C[C@H](C)CN(S(=O)(=O)c2ccc(C(=O)N(C)CC(=O)Nc3ccc(F)cc3)cc2)C1. The monoisotopic (exact) mass is 461 g/mol. The van der Waals surface area contributed by atoms with Crippen LogP contribution in [0.25, 0.3) is 0 Å². The number of carbonyl (C=O) groups excluding carboxylic acids is 2. The molecule has 1 aliphatic heterocycles. The highest BCUT2D eigenvalue weighted by Gasteiger charge is 2.31. The molecule has 172 valence electrons. The van der Waals surface area contributed by atoms with E-state index < -0.39 is 27.7 Å². The first-order chi connectivity index (χ1) is 15.1. The number of carbonyl (C=O) groups is 2. The number of rotatable bonds is 6. The molecule has 0 radical (unpaired) electrons. The third-order valence-corrected chi connectivity index (χ3v) is 7.28. The maximum atomic E-state index is 13.0. The predicted molar refractivity (Wildman–Crippen MR) is 120 cm³/mol. The minimum absolute atomic E-state index is 0.145. The van der Waals surface area contributed by atoms with Crippen molar-refractivity contribution in [2.24, 2.45) is 11.8 Å². The van der Waals surface area contributed by atoms with Gasteiger partial charge < -0.3 is 10.2 Å². The van der Waals surface area contributed by atoms with E-state index in [9.17, 15) is 22.4 Å². The van der Waals surface area contributed by atoms with Crippen LogP contribution in [0.3, 0.4) is 0 Å². The summed E-state index contributed by atoms with van der Waals surface area (Å²) < 4.78 is 40.4. The molecule has 0 aliphatic carbocycles. The molecule has 0 saturated carbocycles. The number of nitrogens with one attached hydrogen (secondary N) is 1. The molecule has 0 unspecified atom stereocenters. The molecule has 1 fully saturated rings. The van der Waals surface area contributed by atoms with Gasteiger partial charge in [0.05, 0.1) is 11.4 Å². The number of likely N-dealkylation sites (N-methyl/N-ethyl adjacent to an activating group) is 1. The number of amides is 2. The molecule has 1 saturated heterocycles. The van der Waals surface area contributed by atoms with Gasteiger partial charge in [0, 0.05) is 31.4 Å². The number of halogens is 1. The zero-order chi connectivity index (χ0) is 23.5. The van der Waals surface area contributed by atoms with Gasteiger partial charge in [0.15, 0.2) is 0 Å². The van der Waals surface area contributed by atoms with Crippen molar-refractivity contribution < 1.29 is 22.4 Å². The van der Waals surface area contributed by atoms with Crippen molar-refractivity contribution in [2.75, 3.05) is 32.0 Å². The van der Waals surface area contributed by atoms with Gasteiger partial charge >= 0.3 is 0 Å². The molecule has 2 aromatic rings. The fourth-order valence-electron chi connectivity index (χ4n) is 3.96. The van der Waals surface area contributed by atoms with E-state index in [-0.39, 0.29) is 17.0 Å². The second-order valence-corrected chi connectivity index (χ2v) is 10.4. The maximum Gasteiger partial charge on any atom is 0.254 e. The topological polar surface area (TPSA) is 86.8 Å². The summed E-state index contributed by atoms with van der Waals surface area (Å²) in [7, 11) is -2.15. The van der Waals surface area contributed by atoms with Crippen molar-refractivity contribution >= 4 is 27.5 Å². The number of hydrogen-bond acceptors (Lipinski definition) is 4. The van der Waals surface area contributed by atoms with E-state index in [0.717, 1.165) is 6.42 Å². The zero-order valence-corrected chi connectivity index (χ0v) is 19.2. The van der Waals surface area contributed by atoms with Crippen LogP contribution in [0.1, 0.15) is 30.6 Å². The quantitative estimate of drug-likeness (QED) is 0.716. The largest absolute Gasteiger partial charge is 0.332 e. The van der Waals surface area contributed by atoms with E-state index in [4.69, 9.17) is 0 Å². The molecule has 0 aromatic heterocycles. The van der Waals surface area contributed by atoms with E-state index in [0.29, 0.717) is 30.6 Å². The lowest BCUT2D eigenvalue weighted by atomic mass is 9.94. The first kappa shape index (κ1) is 23.9. The molecule has 2 amide bonds. The molecule has 1 aliphatic rings. The lowest BCUT2D eigenvalue weighted by Gasteiger charge is -2.34. The molecule has 3 rings (SSSR count). The lowest BCUT2D eigenvalue weighted by molar-refractivity contribution is -0.116. The van der Waals surface area contributed by atoms with Crippen LogP contribution in [-0.4, -0.2) is 56.1 Å². The summed E-state index contributed by atoms with van der Waals surface area (Å²) in [5.41, 5.74) is 0.703. The molecule has 1 heterocycles. The van der Waals surface area contributed by atoms with Crippen molar-refractivity contribution in [3.05, 3.63) is 59.9 Å². The molecule has 0 bridgehead atoms. The molecule has 1 N–H and O–H groups in total. The molecule has 0 spiro atoms. The molecule has 9 heteroatoms. The highest BCUT2D eigenvalue weighted by Crippen LogP contribution is 2.26. The van der Waals surface area contributed by atoms with Crippen LogP contribution in [0.4, 0.5) is 10.1 Å². The van der Waals surface area contributed by atoms with Crippen molar-refractivity contribution in [1.82, 2.24) is 9.21 Å². The lowest BCUT2D eigenvalue weighted by Crippen LogP contribution is -2.42. The van der Waals surface area contributed by atoms with Gasteiger partial charge in [0.2, 0.25) is 15.9 Å². The van der Waals surface area contributed by atoms with Crippen molar-refractivity contribution in [2.45, 2.75) is 25.2 Å². The van der Waals surface area contributed by atoms with Crippen LogP contribution in [0.2, 0.25) is 0 Å². The smallest absolute Gasteiger partial charge is 0.254 e. The van der Waals surface area contributed by atoms with Gasteiger partial charge in [-0.05, 0) is 66.8 Å². The van der Waals surface area contributed by atoms with Crippen molar-refractivity contribution in [3.63, 3.8) is 0 Å². The van der Waals surface area contributed by atoms with E-state index in [2.05, 4.69) is 5.32 Å². The minimum Gasteiger partial charge on any atom is -0.332 e. The van der Waals surface area contributed by atoms with Gasteiger partial charge in [-0.25, -0.2) is 12.8 Å². The van der Waals surface area contributed by atoms with Crippen LogP contribution in [0.15, 0.2) is 53.4 Å². The van der Waals surface area contributed by atoms with E-state index in [1.165, 1.54) is 64.8 Å². The molecule has 32 heavy (non-hydrogen) atoms. The van der Waals surface area contributed by atoms with Crippen LogP contribution in [-0.2, 0) is 14.8 Å². The summed E-state index contributed by atoms with van der Waals surface area (Å²) in [5, 5.41) is 2.59. The summed E-state index contributed by atoms with van der Waals surface area (Å²) in [4.78, 5) is 26.2. The normalized spacial score (nSPS) is 19.4. The van der Waals surface area contributed by atoms with Gasteiger partial charge in [0.25, 0.3) is 5.91 Å². The number of anilines is 1. The molecule has 2 atom stereocenters. The van der Waals surface area contributed by atoms with Gasteiger partial charge in [-0.1, -0.05) is 13.8 Å². The summed E-state index contributed by atoms with van der Waals surface area (Å²) in [5.74, 6) is -0.665. The Hall–Kier alpha value is -2.78. The third kappa shape index (κ3) is 5.72. The van der Waals surface area contributed by atoms with E-state index >= 15 is 0 Å². The summed E-state index contributed by atoms with van der Waals surface area (Å²) in [6, 6.07) is 11.1. The molecule has 7 nitrogen and oxygen atoms in total. The number of piperidine rings is 1. The molecular formula is C23H28FN3O4S. The summed E-state index contributed by atoms with van der Waals surface area (Å²) in [6.45, 7) is 4.85. The van der Waals surface area contributed by atoms with Gasteiger partial charge in [-0.15, -0.1) is 0 Å². The number of sulfonamides is 1. The van der Waals surface area contributed by atoms with E-state index in [1.807, 2.05) is 13.8 Å². The zero-order valence-electron chi connectivity index (χ0n) is 18.4. The first-order valence-corrected chi connectivity index (χ1v) is 11.9. The highest BCUT2D eigenvalue weighted by molar-refractivity contribution is 7.89. The first-order valence-electron chi connectivity index (χ1n) is 10.5. The summed E-state index contributed by atoms with van der Waals surface area (Å²) >= 11 is 0. The number of nitrogens with zero attached hydrogens (tertiary/aromatic N) is 2. The molecule has 2 aromatic carbocycles. The van der Waals surface area contributed by atoms with Crippen LogP contribution in [0.5, 0.6) is 0 Å². The Bertz CT molecular complexity index is 1060. The Balaban J connectivity index is 1.63. The Morgan fingerprint density at radius 3 is 2.16 bits per heavy atom. The van der Waals surface area contributed by atoms with Crippen LogP contribution in [0, 0.1) is 17.7 Å². The van der Waals surface area contributed by atoms with E-state index in [1.54, 1.807) is 0 Å². The van der Waals surface area contributed by atoms with Gasteiger partial charge in [-0.2, -0.15) is 4.31 Å². The summed E-state index contributed by atoms with van der Waals surface area (Å²) in [6.07, 6.45) is 1.00.